The lowest BCUT2D eigenvalue weighted by atomic mass is 10.0. The highest BCUT2D eigenvalue weighted by Gasteiger charge is 2.18. The number of allylic oxidation sites excluding steroid dienone is 3. The van der Waals surface area contributed by atoms with Crippen LogP contribution >= 0.6 is 0 Å². The number of hydrogen-bond acceptors (Lipinski definition) is 5. The Balaban J connectivity index is 3.43. The van der Waals surface area contributed by atoms with E-state index in [2.05, 4.69) is 31.3 Å². The van der Waals surface area contributed by atoms with E-state index in [4.69, 9.17) is 4.74 Å². The van der Waals surface area contributed by atoms with Crippen LogP contribution in [0, 0.1) is 0 Å². The van der Waals surface area contributed by atoms with Crippen molar-refractivity contribution < 1.29 is 24.5 Å². The molecule has 6 heteroatoms. The third-order valence-corrected chi connectivity index (χ3v) is 16.7. The number of rotatable bonds is 67. The number of hydrogen-bond donors (Lipinski definition) is 3. The van der Waals surface area contributed by atoms with Crippen molar-refractivity contribution in [3.05, 3.63) is 24.3 Å². The molecule has 0 heterocycles. The molecule has 0 bridgehead atoms. The second-order valence-electron chi connectivity index (χ2n) is 24.6. The Hall–Kier alpha value is -1.66. The normalized spacial score (nSPS) is 12.6. The Morgan fingerprint density at radius 2 is 0.603 bits per heavy atom. The summed E-state index contributed by atoms with van der Waals surface area (Å²) in [5.41, 5.74) is 0. The molecule has 0 rings (SSSR count). The van der Waals surface area contributed by atoms with Gasteiger partial charge in [-0.15, -0.1) is 0 Å². The fourth-order valence-corrected chi connectivity index (χ4v) is 11.3. The molecule has 0 aromatic heterocycles. The average molecular weight is 1100 g/mol. The highest BCUT2D eigenvalue weighted by Crippen LogP contribution is 2.19. The standard InChI is InChI=1S/C72H139NO5/c1-3-5-7-9-11-13-15-16-17-18-19-20-21-23-26-29-32-35-38-41-45-48-52-56-60-64-70(75)69(68-74)73-71(76)65-61-57-53-49-46-42-39-36-33-30-27-24-22-25-28-31-34-37-40-43-47-51-55-59-63-67-78-72(77)66-62-58-54-50-44-14-12-10-8-6-4-2/h24,27,60,64,69-70,74-75H,3-23,25-26,28-59,61-63,65-68H2,1-2H3,(H,73,76)/b27-24-,64-60+. The summed E-state index contributed by atoms with van der Waals surface area (Å²) in [5.74, 6) is -0.0530. The second-order valence-corrected chi connectivity index (χ2v) is 24.6. The molecule has 0 fully saturated rings. The molecule has 0 aromatic rings. The number of esters is 1. The zero-order valence-electron chi connectivity index (χ0n) is 52.9. The van der Waals surface area contributed by atoms with E-state index in [1.54, 1.807) is 6.08 Å². The van der Waals surface area contributed by atoms with E-state index < -0.39 is 12.1 Å². The van der Waals surface area contributed by atoms with Crippen LogP contribution in [0.15, 0.2) is 24.3 Å². The Morgan fingerprint density at radius 1 is 0.346 bits per heavy atom. The number of nitrogens with one attached hydrogen (secondary N) is 1. The quantitative estimate of drug-likeness (QED) is 0.0320. The van der Waals surface area contributed by atoms with Gasteiger partial charge in [-0.1, -0.05) is 353 Å². The molecule has 1 amide bonds. The molecule has 0 aliphatic rings. The first-order valence-electron chi connectivity index (χ1n) is 35.6. The molecule has 2 atom stereocenters. The first kappa shape index (κ1) is 76.3. The number of carbonyl (C=O) groups is 2. The summed E-state index contributed by atoms with van der Waals surface area (Å²) < 4.78 is 5.47. The summed E-state index contributed by atoms with van der Waals surface area (Å²) in [6, 6.07) is -0.631. The Bertz CT molecular complexity index is 1220. The first-order chi connectivity index (χ1) is 38.5. The van der Waals surface area contributed by atoms with Crippen LogP contribution in [-0.2, 0) is 14.3 Å². The first-order valence-corrected chi connectivity index (χ1v) is 35.6. The maximum atomic E-state index is 12.5. The van der Waals surface area contributed by atoms with Crippen LogP contribution < -0.4 is 5.32 Å². The van der Waals surface area contributed by atoms with Gasteiger partial charge in [0.1, 0.15) is 0 Å². The number of amides is 1. The van der Waals surface area contributed by atoms with Crippen LogP contribution in [0.3, 0.4) is 0 Å². The van der Waals surface area contributed by atoms with Gasteiger partial charge in [0.15, 0.2) is 0 Å². The zero-order valence-corrected chi connectivity index (χ0v) is 52.9. The molecular formula is C72H139NO5. The van der Waals surface area contributed by atoms with Gasteiger partial charge in [0.2, 0.25) is 5.91 Å². The molecule has 6 nitrogen and oxygen atoms in total. The smallest absolute Gasteiger partial charge is 0.305 e. The van der Waals surface area contributed by atoms with Gasteiger partial charge >= 0.3 is 5.97 Å². The molecule has 0 spiro atoms. The van der Waals surface area contributed by atoms with E-state index in [9.17, 15) is 19.8 Å². The highest BCUT2D eigenvalue weighted by molar-refractivity contribution is 5.76. The van der Waals surface area contributed by atoms with E-state index >= 15 is 0 Å². The van der Waals surface area contributed by atoms with Gasteiger partial charge < -0.3 is 20.3 Å². The van der Waals surface area contributed by atoms with E-state index in [1.807, 2.05) is 6.08 Å². The molecule has 78 heavy (non-hydrogen) atoms. The van der Waals surface area contributed by atoms with Gasteiger partial charge in [-0.2, -0.15) is 0 Å². The maximum absolute atomic E-state index is 12.5. The lowest BCUT2D eigenvalue weighted by Gasteiger charge is -2.20. The second kappa shape index (κ2) is 67.8. The molecule has 462 valence electrons. The fourth-order valence-electron chi connectivity index (χ4n) is 11.3. The van der Waals surface area contributed by atoms with Crippen molar-refractivity contribution in [2.45, 2.75) is 411 Å². The molecule has 0 saturated heterocycles. The van der Waals surface area contributed by atoms with Crippen LogP contribution in [0.5, 0.6) is 0 Å². The van der Waals surface area contributed by atoms with Crippen LogP contribution in [0.2, 0.25) is 0 Å². The van der Waals surface area contributed by atoms with Crippen molar-refractivity contribution in [1.29, 1.82) is 0 Å². The maximum Gasteiger partial charge on any atom is 0.305 e. The fraction of sp³-hybridized carbons (Fsp3) is 0.917. The Morgan fingerprint density at radius 3 is 0.910 bits per heavy atom. The molecule has 2 unspecified atom stereocenters. The van der Waals surface area contributed by atoms with E-state index in [0.717, 1.165) is 38.5 Å². The van der Waals surface area contributed by atoms with Gasteiger partial charge in [-0.05, 0) is 57.8 Å². The number of aliphatic hydroxyl groups excluding tert-OH is 2. The van der Waals surface area contributed by atoms with Crippen molar-refractivity contribution in [3.8, 4) is 0 Å². The molecule has 0 aliphatic heterocycles. The summed E-state index contributed by atoms with van der Waals surface area (Å²) in [6.45, 7) is 4.94. The number of ether oxygens (including phenoxy) is 1. The minimum Gasteiger partial charge on any atom is -0.466 e. The topological polar surface area (TPSA) is 95.9 Å². The van der Waals surface area contributed by atoms with Gasteiger partial charge in [0.25, 0.3) is 0 Å². The van der Waals surface area contributed by atoms with Crippen molar-refractivity contribution >= 4 is 11.9 Å². The monoisotopic (exact) mass is 1100 g/mol. The Kier molecular flexibility index (Phi) is 66.4. The minimum atomic E-state index is -0.848. The summed E-state index contributed by atoms with van der Waals surface area (Å²) in [6.07, 6.45) is 85.5. The molecule has 0 aliphatic carbocycles. The molecule has 0 aromatic carbocycles. The minimum absolute atomic E-state index is 0.0135. The van der Waals surface area contributed by atoms with Gasteiger partial charge in [0.05, 0.1) is 25.4 Å². The third kappa shape index (κ3) is 63.5. The predicted octanol–water partition coefficient (Wildman–Crippen LogP) is 22.9. The number of aliphatic hydroxyl groups is 2. The lowest BCUT2D eigenvalue weighted by molar-refractivity contribution is -0.143. The third-order valence-electron chi connectivity index (χ3n) is 16.7. The van der Waals surface area contributed by atoms with Crippen LogP contribution in [-0.4, -0.2) is 47.4 Å². The molecule has 3 N–H and O–H groups in total. The summed E-state index contributed by atoms with van der Waals surface area (Å²) >= 11 is 0. The predicted molar refractivity (Wildman–Crippen MR) is 343 cm³/mol. The Labute approximate surface area is 488 Å². The SMILES string of the molecule is CCCCCCCCCCCCCCCCCCCCCCCCC/C=C/C(O)C(CO)NC(=O)CCCCCCCCCCC/C=C\CCCCCCCCCCCCCCOC(=O)CCCCCCCCCCCCC. The molecular weight excluding hydrogens is 959 g/mol. The molecule has 0 saturated carbocycles. The van der Waals surface area contributed by atoms with Crippen LogP contribution in [0.1, 0.15) is 399 Å². The van der Waals surface area contributed by atoms with Crippen molar-refractivity contribution in [2.24, 2.45) is 0 Å². The van der Waals surface area contributed by atoms with E-state index in [-0.39, 0.29) is 18.5 Å². The number of carbonyl (C=O) groups excluding carboxylic acids is 2. The van der Waals surface area contributed by atoms with Crippen LogP contribution in [0.25, 0.3) is 0 Å². The summed E-state index contributed by atoms with van der Waals surface area (Å²) in [4.78, 5) is 24.5. The van der Waals surface area contributed by atoms with Gasteiger partial charge in [-0.3, -0.25) is 9.59 Å². The average Bonchev–Trinajstić information content (AvgIpc) is 3.44. The summed E-state index contributed by atoms with van der Waals surface area (Å²) in [7, 11) is 0. The van der Waals surface area contributed by atoms with Gasteiger partial charge in [-0.25, -0.2) is 0 Å². The van der Waals surface area contributed by atoms with Crippen molar-refractivity contribution in [1.82, 2.24) is 5.32 Å². The van der Waals surface area contributed by atoms with Crippen molar-refractivity contribution in [2.75, 3.05) is 13.2 Å². The van der Waals surface area contributed by atoms with E-state index in [1.165, 1.54) is 334 Å². The summed E-state index contributed by atoms with van der Waals surface area (Å²) in [5, 5.41) is 23.3. The molecule has 0 radical (unpaired) electrons. The van der Waals surface area contributed by atoms with E-state index in [0.29, 0.717) is 19.4 Å². The zero-order chi connectivity index (χ0) is 56.4. The van der Waals surface area contributed by atoms with Crippen molar-refractivity contribution in [3.63, 3.8) is 0 Å². The largest absolute Gasteiger partial charge is 0.466 e. The van der Waals surface area contributed by atoms with Crippen LogP contribution in [0.4, 0.5) is 0 Å². The number of unbranched alkanes of at least 4 members (excludes halogenated alkanes) is 54. The van der Waals surface area contributed by atoms with Gasteiger partial charge in [0, 0.05) is 12.8 Å². The highest BCUT2D eigenvalue weighted by atomic mass is 16.5. The lowest BCUT2D eigenvalue weighted by Crippen LogP contribution is -2.45.